The van der Waals surface area contributed by atoms with Crippen LogP contribution in [0, 0.1) is 0 Å². The average Bonchev–Trinajstić information content (AvgIpc) is 3.33. The molecule has 2 heterocycles. The van der Waals surface area contributed by atoms with Crippen molar-refractivity contribution < 1.29 is 14.3 Å². The number of hydrogen-bond acceptors (Lipinski definition) is 4. The zero-order chi connectivity index (χ0) is 22.8. The molecule has 0 N–H and O–H groups in total. The van der Waals surface area contributed by atoms with Gasteiger partial charge < -0.3 is 14.4 Å². The Kier molecular flexibility index (Phi) is 5.57. The normalized spacial score (nSPS) is 12.8. The fourth-order valence-corrected chi connectivity index (χ4v) is 4.33. The van der Waals surface area contributed by atoms with Crippen molar-refractivity contribution in [1.82, 2.24) is 9.78 Å². The Labute approximate surface area is 193 Å². The van der Waals surface area contributed by atoms with Crippen LogP contribution in [0.3, 0.4) is 0 Å². The zero-order valence-corrected chi connectivity index (χ0v) is 18.7. The molecule has 1 aromatic heterocycles. The molecule has 0 saturated heterocycles. The van der Waals surface area contributed by atoms with Crippen molar-refractivity contribution in [2.45, 2.75) is 12.8 Å². The minimum absolute atomic E-state index is 0.0720. The number of carbonyl (C=O) groups is 1. The summed E-state index contributed by atoms with van der Waals surface area (Å²) in [6.45, 7) is 0.672. The largest absolute Gasteiger partial charge is 0.497 e. The molecule has 1 aliphatic heterocycles. The van der Waals surface area contributed by atoms with Gasteiger partial charge in [0, 0.05) is 30.1 Å². The van der Waals surface area contributed by atoms with Gasteiger partial charge >= 0.3 is 0 Å². The maximum absolute atomic E-state index is 13.9. The van der Waals surface area contributed by atoms with Gasteiger partial charge in [0.05, 0.1) is 25.5 Å². The topological polar surface area (TPSA) is 56.6 Å². The molecule has 6 nitrogen and oxygen atoms in total. The van der Waals surface area contributed by atoms with Crippen LogP contribution in [0.4, 0.5) is 5.69 Å². The highest BCUT2D eigenvalue weighted by Gasteiger charge is 2.28. The Balaban J connectivity index is 1.66. The molecule has 0 atom stereocenters. The van der Waals surface area contributed by atoms with Crippen LogP contribution in [0.2, 0.25) is 0 Å². The Morgan fingerprint density at radius 1 is 0.939 bits per heavy atom. The first-order valence-corrected chi connectivity index (χ1v) is 11.0. The fraction of sp³-hybridized carbons (Fsp3) is 0.185. The third-order valence-electron chi connectivity index (χ3n) is 5.98. The van der Waals surface area contributed by atoms with Crippen molar-refractivity contribution in [2.75, 3.05) is 25.7 Å². The first-order valence-electron chi connectivity index (χ1n) is 11.0. The second-order valence-electron chi connectivity index (χ2n) is 7.93. The van der Waals surface area contributed by atoms with Crippen LogP contribution < -0.4 is 14.4 Å². The summed E-state index contributed by atoms with van der Waals surface area (Å²) < 4.78 is 12.7. The summed E-state index contributed by atoms with van der Waals surface area (Å²) in [5, 5.41) is 4.84. The molecule has 4 aromatic rings. The zero-order valence-electron chi connectivity index (χ0n) is 18.7. The molecular weight excluding hydrogens is 414 g/mol. The number of rotatable bonds is 5. The van der Waals surface area contributed by atoms with Gasteiger partial charge in [0.25, 0.3) is 5.91 Å². The molecule has 0 unspecified atom stereocenters. The van der Waals surface area contributed by atoms with E-state index in [4.69, 9.17) is 14.6 Å². The molecule has 6 heteroatoms. The number of benzene rings is 3. The van der Waals surface area contributed by atoms with E-state index in [0.717, 1.165) is 29.8 Å². The number of ether oxygens (including phenoxy) is 2. The van der Waals surface area contributed by atoms with Crippen LogP contribution in [0.5, 0.6) is 11.5 Å². The van der Waals surface area contributed by atoms with E-state index in [9.17, 15) is 4.79 Å². The highest BCUT2D eigenvalue weighted by Crippen LogP contribution is 2.36. The van der Waals surface area contributed by atoms with Gasteiger partial charge in [-0.05, 0) is 48.7 Å². The Hall–Kier alpha value is -4.06. The summed E-state index contributed by atoms with van der Waals surface area (Å²) in [4.78, 5) is 15.8. The lowest BCUT2D eigenvalue weighted by atomic mass is 10.00. The number of para-hydroxylation sites is 2. The number of aromatic nitrogens is 2. The van der Waals surface area contributed by atoms with Crippen molar-refractivity contribution in [3.8, 4) is 28.4 Å². The van der Waals surface area contributed by atoms with E-state index >= 15 is 0 Å². The van der Waals surface area contributed by atoms with Crippen LogP contribution in [0.1, 0.15) is 22.3 Å². The van der Waals surface area contributed by atoms with Gasteiger partial charge in [0.15, 0.2) is 0 Å². The number of hydrogen-bond donors (Lipinski definition) is 0. The summed E-state index contributed by atoms with van der Waals surface area (Å²) >= 11 is 0. The average molecular weight is 440 g/mol. The van der Waals surface area contributed by atoms with Gasteiger partial charge in [-0.25, -0.2) is 4.68 Å². The van der Waals surface area contributed by atoms with Gasteiger partial charge in [-0.15, -0.1) is 0 Å². The summed E-state index contributed by atoms with van der Waals surface area (Å²) in [5.41, 5.74) is 4.88. The Bertz CT molecular complexity index is 1300. The van der Waals surface area contributed by atoms with E-state index in [1.54, 1.807) is 25.0 Å². The second kappa shape index (κ2) is 8.82. The SMILES string of the molecule is COc1ccc(-c2nn(-c3ccccc3)cc2C(=O)N2CCCc3ccccc32)c(OC)c1. The van der Waals surface area contributed by atoms with E-state index in [2.05, 4.69) is 6.07 Å². The third-order valence-corrected chi connectivity index (χ3v) is 5.98. The summed E-state index contributed by atoms with van der Waals surface area (Å²) in [6, 6.07) is 23.4. The summed E-state index contributed by atoms with van der Waals surface area (Å²) in [5.74, 6) is 1.20. The fourth-order valence-electron chi connectivity index (χ4n) is 4.33. The number of fused-ring (bicyclic) bond motifs is 1. The van der Waals surface area contributed by atoms with Crippen LogP contribution in [-0.2, 0) is 6.42 Å². The van der Waals surface area contributed by atoms with Gasteiger partial charge in [-0.2, -0.15) is 5.10 Å². The minimum Gasteiger partial charge on any atom is -0.497 e. The van der Waals surface area contributed by atoms with Gasteiger partial charge in [-0.3, -0.25) is 4.79 Å². The van der Waals surface area contributed by atoms with Gasteiger partial charge in [0.1, 0.15) is 17.2 Å². The first kappa shape index (κ1) is 20.8. The quantitative estimate of drug-likeness (QED) is 0.432. The van der Waals surface area contributed by atoms with E-state index < -0.39 is 0 Å². The standard InChI is InChI=1S/C27H25N3O3/c1-32-21-14-15-22(25(17-21)33-2)26-23(18-30(28-26)20-11-4-3-5-12-20)27(31)29-16-8-10-19-9-6-7-13-24(19)29/h3-7,9,11-15,17-18H,8,10,16H2,1-2H3. The van der Waals surface area contributed by atoms with Crippen LogP contribution >= 0.6 is 0 Å². The molecule has 1 amide bonds. The molecule has 166 valence electrons. The number of amides is 1. The van der Waals surface area contributed by atoms with E-state index in [0.29, 0.717) is 29.3 Å². The minimum atomic E-state index is -0.0720. The van der Waals surface area contributed by atoms with E-state index in [-0.39, 0.29) is 5.91 Å². The van der Waals surface area contributed by atoms with Crippen molar-refractivity contribution >= 4 is 11.6 Å². The number of nitrogens with zero attached hydrogens (tertiary/aromatic N) is 3. The number of aryl methyl sites for hydroxylation is 1. The predicted molar refractivity (Wildman–Crippen MR) is 129 cm³/mol. The highest BCUT2D eigenvalue weighted by atomic mass is 16.5. The monoisotopic (exact) mass is 439 g/mol. The second-order valence-corrected chi connectivity index (χ2v) is 7.93. The van der Waals surface area contributed by atoms with Crippen molar-refractivity contribution in [1.29, 1.82) is 0 Å². The molecule has 1 aliphatic rings. The van der Waals surface area contributed by atoms with Gasteiger partial charge in [0.2, 0.25) is 0 Å². The lowest BCUT2D eigenvalue weighted by Gasteiger charge is -2.29. The molecule has 0 spiro atoms. The van der Waals surface area contributed by atoms with Crippen LogP contribution in [0.25, 0.3) is 16.9 Å². The molecule has 33 heavy (non-hydrogen) atoms. The smallest absolute Gasteiger partial charge is 0.262 e. The van der Waals surface area contributed by atoms with Gasteiger partial charge in [-0.1, -0.05) is 36.4 Å². The van der Waals surface area contributed by atoms with Crippen LogP contribution in [0.15, 0.2) is 79.0 Å². The molecule has 0 bridgehead atoms. The summed E-state index contributed by atoms with van der Waals surface area (Å²) in [7, 11) is 3.22. The van der Waals surface area contributed by atoms with Crippen molar-refractivity contribution in [2.24, 2.45) is 0 Å². The number of methoxy groups -OCH3 is 2. The maximum atomic E-state index is 13.9. The lowest BCUT2D eigenvalue weighted by Crippen LogP contribution is -2.35. The molecule has 0 saturated carbocycles. The van der Waals surface area contributed by atoms with E-state index in [1.807, 2.05) is 71.8 Å². The first-order chi connectivity index (χ1) is 16.2. The number of carbonyl (C=O) groups excluding carboxylic acids is 1. The predicted octanol–water partition coefficient (Wildman–Crippen LogP) is 5.15. The van der Waals surface area contributed by atoms with Crippen molar-refractivity contribution in [3.63, 3.8) is 0 Å². The molecule has 0 radical (unpaired) electrons. The third kappa shape index (κ3) is 3.84. The number of anilines is 1. The Morgan fingerprint density at radius 2 is 1.73 bits per heavy atom. The molecule has 5 rings (SSSR count). The molecule has 0 aliphatic carbocycles. The summed E-state index contributed by atoms with van der Waals surface area (Å²) in [6.07, 6.45) is 3.72. The van der Waals surface area contributed by atoms with Crippen molar-refractivity contribution in [3.05, 3.63) is 90.1 Å². The molecular formula is C27H25N3O3. The molecule has 3 aromatic carbocycles. The maximum Gasteiger partial charge on any atom is 0.262 e. The van der Waals surface area contributed by atoms with Crippen LogP contribution in [-0.4, -0.2) is 36.5 Å². The lowest BCUT2D eigenvalue weighted by molar-refractivity contribution is 0.0985. The Morgan fingerprint density at radius 3 is 2.52 bits per heavy atom. The molecule has 0 fully saturated rings. The van der Waals surface area contributed by atoms with E-state index in [1.165, 1.54) is 5.56 Å². The highest BCUT2D eigenvalue weighted by molar-refractivity contribution is 6.10.